The molecule has 174 valence electrons. The monoisotopic (exact) mass is 452 g/mol. The van der Waals surface area contributed by atoms with Gasteiger partial charge in [0.05, 0.1) is 6.61 Å². The van der Waals surface area contributed by atoms with Gasteiger partial charge in [0, 0.05) is 0 Å². The number of unbranched alkanes of at least 4 members (excludes halogenated alkanes) is 9. The van der Waals surface area contributed by atoms with E-state index in [9.17, 15) is 4.57 Å². The van der Waals surface area contributed by atoms with Gasteiger partial charge in [0.1, 0.15) is 5.75 Å². The normalized spacial score (nSPS) is 21.8. The summed E-state index contributed by atoms with van der Waals surface area (Å²) in [6, 6.07) is 7.96. The molecule has 0 radical (unpaired) electrons. The van der Waals surface area contributed by atoms with E-state index >= 15 is 0 Å². The fourth-order valence-corrected chi connectivity index (χ4v) is 4.92. The SMILES string of the molecule is CCCCCCCCCc1ccc(OC2OP3(=O)OC(OCCCCCC)=C2O3)cc1. The lowest BCUT2D eigenvalue weighted by Crippen LogP contribution is -2.21. The molecule has 0 amide bonds. The molecule has 2 aliphatic heterocycles. The number of rotatable bonds is 16. The Kier molecular flexibility index (Phi) is 9.60. The molecular weight excluding hydrogens is 415 g/mol. The minimum absolute atomic E-state index is 0.131. The second-order valence-corrected chi connectivity index (χ2v) is 9.73. The van der Waals surface area contributed by atoms with E-state index in [4.69, 9.17) is 23.0 Å². The summed E-state index contributed by atoms with van der Waals surface area (Å²) in [6.07, 6.45) is 13.6. The Morgan fingerprint density at radius 1 is 0.839 bits per heavy atom. The summed E-state index contributed by atoms with van der Waals surface area (Å²) < 4.78 is 39.7. The molecule has 2 heterocycles. The van der Waals surface area contributed by atoms with Crippen LogP contribution in [0.5, 0.6) is 5.75 Å². The van der Waals surface area contributed by atoms with E-state index in [0.29, 0.717) is 12.4 Å². The van der Waals surface area contributed by atoms with Crippen molar-refractivity contribution in [3.63, 3.8) is 0 Å². The van der Waals surface area contributed by atoms with Crippen molar-refractivity contribution in [1.82, 2.24) is 0 Å². The van der Waals surface area contributed by atoms with Gasteiger partial charge in [-0.05, 0) is 37.0 Å². The minimum Gasteiger partial charge on any atom is -0.463 e. The first-order chi connectivity index (χ1) is 15.1. The lowest BCUT2D eigenvalue weighted by Gasteiger charge is -2.17. The van der Waals surface area contributed by atoms with Crippen LogP contribution in [0.3, 0.4) is 0 Å². The molecule has 0 saturated carbocycles. The Morgan fingerprint density at radius 2 is 1.48 bits per heavy atom. The highest BCUT2D eigenvalue weighted by molar-refractivity contribution is 7.49. The van der Waals surface area contributed by atoms with Crippen LogP contribution < -0.4 is 4.74 Å². The number of aryl methyl sites for hydroxylation is 1. The van der Waals surface area contributed by atoms with E-state index in [-0.39, 0.29) is 11.7 Å². The first-order valence-corrected chi connectivity index (χ1v) is 13.4. The molecule has 2 bridgehead atoms. The van der Waals surface area contributed by atoms with Crippen LogP contribution in [0.2, 0.25) is 0 Å². The maximum absolute atomic E-state index is 12.4. The Bertz CT molecular complexity index is 745. The van der Waals surface area contributed by atoms with Gasteiger partial charge in [0.25, 0.3) is 12.0 Å². The molecule has 0 aliphatic carbocycles. The summed E-state index contributed by atoms with van der Waals surface area (Å²) in [4.78, 5) is 0. The van der Waals surface area contributed by atoms with Gasteiger partial charge in [-0.3, -0.25) is 0 Å². The van der Waals surface area contributed by atoms with Gasteiger partial charge >= 0.3 is 13.8 Å². The fraction of sp³-hybridized carbons (Fsp3) is 0.667. The third kappa shape index (κ3) is 7.47. The molecule has 7 heteroatoms. The zero-order chi connectivity index (χ0) is 21.9. The Labute approximate surface area is 186 Å². The maximum Gasteiger partial charge on any atom is 0.593 e. The van der Waals surface area contributed by atoms with Crippen LogP contribution in [-0.4, -0.2) is 12.9 Å². The van der Waals surface area contributed by atoms with Crippen LogP contribution in [0.15, 0.2) is 36.0 Å². The molecule has 6 nitrogen and oxygen atoms in total. The molecule has 1 aromatic rings. The van der Waals surface area contributed by atoms with E-state index in [1.54, 1.807) is 0 Å². The molecule has 0 aromatic heterocycles. The summed E-state index contributed by atoms with van der Waals surface area (Å²) in [5.74, 6) is 0.990. The van der Waals surface area contributed by atoms with E-state index in [1.807, 2.05) is 12.1 Å². The third-order valence-electron chi connectivity index (χ3n) is 5.51. The number of phosphoric ester groups is 1. The topological polar surface area (TPSA) is 63.2 Å². The Balaban J connectivity index is 1.43. The van der Waals surface area contributed by atoms with Gasteiger partial charge < -0.3 is 18.5 Å². The predicted molar refractivity (Wildman–Crippen MR) is 121 cm³/mol. The smallest absolute Gasteiger partial charge is 0.463 e. The summed E-state index contributed by atoms with van der Waals surface area (Å²) in [7, 11) is -3.65. The van der Waals surface area contributed by atoms with Crippen LogP contribution in [0.4, 0.5) is 0 Å². The highest BCUT2D eigenvalue weighted by Crippen LogP contribution is 2.66. The van der Waals surface area contributed by atoms with Crippen molar-refractivity contribution in [2.75, 3.05) is 6.61 Å². The quantitative estimate of drug-likeness (QED) is 0.190. The number of ether oxygens (including phenoxy) is 2. The minimum atomic E-state index is -3.65. The van der Waals surface area contributed by atoms with Gasteiger partial charge in [-0.15, -0.1) is 0 Å². The maximum atomic E-state index is 12.4. The number of fused-ring (bicyclic) bond motifs is 2. The van der Waals surface area contributed by atoms with Crippen molar-refractivity contribution >= 4 is 7.82 Å². The molecule has 1 fully saturated rings. The lowest BCUT2D eigenvalue weighted by molar-refractivity contribution is -0.00303. The van der Waals surface area contributed by atoms with Crippen molar-refractivity contribution in [3.8, 4) is 5.75 Å². The van der Waals surface area contributed by atoms with Gasteiger partial charge in [0.2, 0.25) is 0 Å². The van der Waals surface area contributed by atoms with Crippen LogP contribution in [0.1, 0.15) is 90.0 Å². The first kappa shape index (κ1) is 24.0. The highest BCUT2D eigenvalue weighted by Gasteiger charge is 2.56. The molecule has 3 rings (SSSR count). The second kappa shape index (κ2) is 12.4. The molecule has 2 unspecified atom stereocenters. The highest BCUT2D eigenvalue weighted by atomic mass is 31.2. The average Bonchev–Trinajstić information content (AvgIpc) is 3.26. The molecule has 2 aliphatic rings. The molecule has 1 saturated heterocycles. The van der Waals surface area contributed by atoms with Crippen LogP contribution in [-0.2, 0) is 29.3 Å². The van der Waals surface area contributed by atoms with Gasteiger partial charge in [0.15, 0.2) is 0 Å². The van der Waals surface area contributed by atoms with Gasteiger partial charge in [-0.2, -0.15) is 0 Å². The molecule has 2 atom stereocenters. The third-order valence-corrected chi connectivity index (χ3v) is 6.77. The van der Waals surface area contributed by atoms with Crippen molar-refractivity contribution in [1.29, 1.82) is 0 Å². The van der Waals surface area contributed by atoms with E-state index < -0.39 is 14.1 Å². The number of hydrogen-bond acceptors (Lipinski definition) is 6. The van der Waals surface area contributed by atoms with Gasteiger partial charge in [-0.1, -0.05) is 83.8 Å². The Morgan fingerprint density at radius 3 is 2.16 bits per heavy atom. The zero-order valence-electron chi connectivity index (χ0n) is 19.0. The first-order valence-electron chi connectivity index (χ1n) is 11.9. The molecule has 31 heavy (non-hydrogen) atoms. The van der Waals surface area contributed by atoms with Crippen LogP contribution in [0.25, 0.3) is 0 Å². The van der Waals surface area contributed by atoms with Crippen LogP contribution >= 0.6 is 7.82 Å². The summed E-state index contributed by atoms with van der Waals surface area (Å²) in [5.41, 5.74) is 1.29. The number of hydrogen-bond donors (Lipinski definition) is 0. The van der Waals surface area contributed by atoms with E-state index in [1.165, 1.54) is 50.5 Å². The predicted octanol–water partition coefficient (Wildman–Crippen LogP) is 7.64. The second-order valence-electron chi connectivity index (χ2n) is 8.26. The lowest BCUT2D eigenvalue weighted by atomic mass is 10.0. The van der Waals surface area contributed by atoms with Crippen molar-refractivity contribution in [2.24, 2.45) is 0 Å². The largest absolute Gasteiger partial charge is 0.593 e. The molecular formula is C24H37O6P. The standard InChI is InChI=1S/C24H37O6P/c1-3-5-7-9-10-11-12-14-20-15-17-21(18-16-20)27-24-22-23(26-19-13-8-6-4-2)29-31(25,28-22)30-24/h15-18,24H,3-14,19H2,1-2H3. The molecule has 1 aromatic carbocycles. The van der Waals surface area contributed by atoms with Gasteiger partial charge in [-0.25, -0.2) is 9.09 Å². The molecule has 0 N–H and O–H groups in total. The number of benzene rings is 1. The summed E-state index contributed by atoms with van der Waals surface area (Å²) >= 11 is 0. The summed E-state index contributed by atoms with van der Waals surface area (Å²) in [6.45, 7) is 4.89. The van der Waals surface area contributed by atoms with Crippen molar-refractivity contribution in [3.05, 3.63) is 41.5 Å². The molecule has 0 spiro atoms. The van der Waals surface area contributed by atoms with Crippen molar-refractivity contribution in [2.45, 2.75) is 97.2 Å². The zero-order valence-corrected chi connectivity index (χ0v) is 19.9. The average molecular weight is 453 g/mol. The van der Waals surface area contributed by atoms with Crippen LogP contribution in [0, 0.1) is 0 Å². The fourth-order valence-electron chi connectivity index (χ4n) is 3.68. The van der Waals surface area contributed by atoms with Crippen molar-refractivity contribution < 1.29 is 27.6 Å². The van der Waals surface area contributed by atoms with E-state index in [0.717, 1.165) is 32.1 Å². The number of phosphoric acid groups is 1. The van der Waals surface area contributed by atoms with E-state index in [2.05, 4.69) is 26.0 Å². The summed E-state index contributed by atoms with van der Waals surface area (Å²) in [5, 5.41) is 0. The Hall–Kier alpha value is -1.65.